The van der Waals surface area contributed by atoms with E-state index in [1.165, 1.54) is 51.4 Å². The van der Waals surface area contributed by atoms with Crippen molar-refractivity contribution in [2.75, 3.05) is 19.6 Å². The molecule has 0 atom stereocenters. The van der Waals surface area contributed by atoms with Crippen LogP contribution in [0.2, 0.25) is 0 Å². The standard InChI is InChI=1S/C13H24N2O/c16-13(15-9-5-2-6-10-15)14-11-12-7-3-1-4-8-12/h12H,1-11H2,(H,14,16). The Morgan fingerprint density at radius 3 is 2.31 bits per heavy atom. The molecule has 1 N–H and O–H groups in total. The second-order valence-electron chi connectivity index (χ2n) is 5.24. The first-order valence-electron chi connectivity index (χ1n) is 6.89. The number of carbonyl (C=O) groups is 1. The predicted octanol–water partition coefficient (Wildman–Crippen LogP) is 2.76. The number of likely N-dealkylation sites (tertiary alicyclic amines) is 1. The van der Waals surface area contributed by atoms with Gasteiger partial charge in [0.25, 0.3) is 0 Å². The number of piperidine rings is 1. The van der Waals surface area contributed by atoms with Crippen molar-refractivity contribution >= 4 is 6.03 Å². The number of hydrogen-bond donors (Lipinski definition) is 1. The number of amides is 2. The number of hydrogen-bond acceptors (Lipinski definition) is 1. The van der Waals surface area contributed by atoms with Gasteiger partial charge in [-0.1, -0.05) is 19.3 Å². The third kappa shape index (κ3) is 3.39. The van der Waals surface area contributed by atoms with Crippen LogP contribution in [0.25, 0.3) is 0 Å². The van der Waals surface area contributed by atoms with Gasteiger partial charge in [0.2, 0.25) is 0 Å². The molecule has 92 valence electrons. The Labute approximate surface area is 98.6 Å². The molecule has 0 unspecified atom stereocenters. The molecule has 1 aliphatic heterocycles. The van der Waals surface area contributed by atoms with Gasteiger partial charge in [0, 0.05) is 19.6 Å². The fourth-order valence-corrected chi connectivity index (χ4v) is 2.83. The van der Waals surface area contributed by atoms with Crippen LogP contribution in [-0.4, -0.2) is 30.6 Å². The van der Waals surface area contributed by atoms with E-state index in [-0.39, 0.29) is 6.03 Å². The quantitative estimate of drug-likeness (QED) is 0.768. The van der Waals surface area contributed by atoms with Crippen molar-refractivity contribution in [1.29, 1.82) is 0 Å². The Bertz CT molecular complexity index is 218. The van der Waals surface area contributed by atoms with E-state index in [1.54, 1.807) is 0 Å². The summed E-state index contributed by atoms with van der Waals surface area (Å²) in [7, 11) is 0. The highest BCUT2D eigenvalue weighted by Crippen LogP contribution is 2.22. The van der Waals surface area contributed by atoms with Gasteiger partial charge in [0.15, 0.2) is 0 Å². The lowest BCUT2D eigenvalue weighted by molar-refractivity contribution is 0.183. The second kappa shape index (κ2) is 6.12. The zero-order valence-corrected chi connectivity index (χ0v) is 10.2. The molecule has 0 spiro atoms. The van der Waals surface area contributed by atoms with E-state index in [4.69, 9.17) is 0 Å². The molecule has 0 aromatic rings. The van der Waals surface area contributed by atoms with Crippen molar-refractivity contribution < 1.29 is 4.79 Å². The highest BCUT2D eigenvalue weighted by Gasteiger charge is 2.18. The van der Waals surface area contributed by atoms with Gasteiger partial charge in [0.05, 0.1) is 0 Å². The molecule has 2 aliphatic rings. The molecule has 0 aromatic carbocycles. The molecule has 1 heterocycles. The van der Waals surface area contributed by atoms with Crippen LogP contribution in [0.3, 0.4) is 0 Å². The van der Waals surface area contributed by atoms with Gasteiger partial charge in [-0.25, -0.2) is 4.79 Å². The Hall–Kier alpha value is -0.730. The van der Waals surface area contributed by atoms with Gasteiger partial charge >= 0.3 is 6.03 Å². The van der Waals surface area contributed by atoms with Gasteiger partial charge in [-0.3, -0.25) is 0 Å². The van der Waals surface area contributed by atoms with Crippen LogP contribution in [0.5, 0.6) is 0 Å². The summed E-state index contributed by atoms with van der Waals surface area (Å²) in [6.07, 6.45) is 10.3. The topological polar surface area (TPSA) is 32.3 Å². The summed E-state index contributed by atoms with van der Waals surface area (Å²) in [4.78, 5) is 13.8. The summed E-state index contributed by atoms with van der Waals surface area (Å²) < 4.78 is 0. The van der Waals surface area contributed by atoms with Crippen molar-refractivity contribution in [3.05, 3.63) is 0 Å². The van der Waals surface area contributed by atoms with Gasteiger partial charge < -0.3 is 10.2 Å². The summed E-state index contributed by atoms with van der Waals surface area (Å²) in [6.45, 7) is 2.81. The van der Waals surface area contributed by atoms with Crippen LogP contribution in [0.1, 0.15) is 51.4 Å². The van der Waals surface area contributed by atoms with Crippen molar-refractivity contribution in [2.45, 2.75) is 51.4 Å². The Balaban J connectivity index is 1.65. The van der Waals surface area contributed by atoms with Crippen LogP contribution in [-0.2, 0) is 0 Å². The summed E-state index contributed by atoms with van der Waals surface area (Å²) in [5, 5.41) is 3.11. The molecule has 0 aromatic heterocycles. The molecular formula is C13H24N2O. The van der Waals surface area contributed by atoms with Gasteiger partial charge in [-0.05, 0) is 38.0 Å². The lowest BCUT2D eigenvalue weighted by atomic mass is 9.89. The summed E-state index contributed by atoms with van der Waals surface area (Å²) >= 11 is 0. The van der Waals surface area contributed by atoms with Crippen molar-refractivity contribution in [3.63, 3.8) is 0 Å². The van der Waals surface area contributed by atoms with E-state index >= 15 is 0 Å². The molecular weight excluding hydrogens is 200 g/mol. The van der Waals surface area contributed by atoms with E-state index in [1.807, 2.05) is 4.90 Å². The normalized spacial score (nSPS) is 23.1. The maximum absolute atomic E-state index is 11.9. The van der Waals surface area contributed by atoms with Crippen LogP contribution in [0, 0.1) is 5.92 Å². The predicted molar refractivity (Wildman–Crippen MR) is 65.4 cm³/mol. The monoisotopic (exact) mass is 224 g/mol. The largest absolute Gasteiger partial charge is 0.338 e. The SMILES string of the molecule is O=C(NCC1CCCCC1)N1CCCCC1. The zero-order chi connectivity index (χ0) is 11.2. The molecule has 3 nitrogen and oxygen atoms in total. The number of nitrogens with one attached hydrogen (secondary N) is 1. The Kier molecular flexibility index (Phi) is 4.49. The van der Waals surface area contributed by atoms with E-state index in [9.17, 15) is 4.79 Å². The first-order valence-corrected chi connectivity index (χ1v) is 6.89. The molecule has 2 fully saturated rings. The van der Waals surface area contributed by atoms with Crippen molar-refractivity contribution in [1.82, 2.24) is 10.2 Å². The highest BCUT2D eigenvalue weighted by atomic mass is 16.2. The minimum Gasteiger partial charge on any atom is -0.338 e. The van der Waals surface area contributed by atoms with Gasteiger partial charge in [-0.15, -0.1) is 0 Å². The number of carbonyl (C=O) groups excluding carboxylic acids is 1. The summed E-state index contributed by atoms with van der Waals surface area (Å²) in [5.41, 5.74) is 0. The minimum atomic E-state index is 0.172. The first-order chi connectivity index (χ1) is 7.86. The van der Waals surface area contributed by atoms with E-state index in [0.29, 0.717) is 0 Å². The first kappa shape index (κ1) is 11.7. The molecule has 16 heavy (non-hydrogen) atoms. The van der Waals surface area contributed by atoms with E-state index < -0.39 is 0 Å². The number of urea groups is 1. The van der Waals surface area contributed by atoms with Crippen LogP contribution < -0.4 is 5.32 Å². The molecule has 1 saturated heterocycles. The van der Waals surface area contributed by atoms with Crippen molar-refractivity contribution in [2.24, 2.45) is 5.92 Å². The molecule has 0 radical (unpaired) electrons. The summed E-state index contributed by atoms with van der Waals surface area (Å²) in [6, 6.07) is 0.172. The fourth-order valence-electron chi connectivity index (χ4n) is 2.83. The third-order valence-corrected chi connectivity index (χ3v) is 3.91. The van der Waals surface area contributed by atoms with Crippen LogP contribution >= 0.6 is 0 Å². The Morgan fingerprint density at radius 1 is 1.00 bits per heavy atom. The fraction of sp³-hybridized carbons (Fsp3) is 0.923. The zero-order valence-electron chi connectivity index (χ0n) is 10.2. The summed E-state index contributed by atoms with van der Waals surface area (Å²) in [5.74, 6) is 0.738. The smallest absolute Gasteiger partial charge is 0.317 e. The van der Waals surface area contributed by atoms with Crippen LogP contribution in [0.4, 0.5) is 4.79 Å². The maximum Gasteiger partial charge on any atom is 0.317 e. The second-order valence-corrected chi connectivity index (χ2v) is 5.24. The molecule has 3 heteroatoms. The van der Waals surface area contributed by atoms with Gasteiger partial charge in [0.1, 0.15) is 0 Å². The lowest BCUT2D eigenvalue weighted by Gasteiger charge is -2.28. The number of rotatable bonds is 2. The lowest BCUT2D eigenvalue weighted by Crippen LogP contribution is -2.44. The highest BCUT2D eigenvalue weighted by molar-refractivity contribution is 5.74. The average molecular weight is 224 g/mol. The third-order valence-electron chi connectivity index (χ3n) is 3.91. The van der Waals surface area contributed by atoms with Crippen LogP contribution in [0.15, 0.2) is 0 Å². The number of nitrogens with zero attached hydrogens (tertiary/aromatic N) is 1. The molecule has 1 aliphatic carbocycles. The molecule has 0 bridgehead atoms. The maximum atomic E-state index is 11.9. The van der Waals surface area contributed by atoms with E-state index in [0.717, 1.165) is 25.6 Å². The van der Waals surface area contributed by atoms with E-state index in [2.05, 4.69) is 5.32 Å². The average Bonchev–Trinajstić information content (AvgIpc) is 2.38. The molecule has 1 saturated carbocycles. The Morgan fingerprint density at radius 2 is 1.62 bits per heavy atom. The van der Waals surface area contributed by atoms with Gasteiger partial charge in [-0.2, -0.15) is 0 Å². The minimum absolute atomic E-state index is 0.172. The molecule has 2 amide bonds. The molecule has 2 rings (SSSR count). The van der Waals surface area contributed by atoms with Crippen molar-refractivity contribution in [3.8, 4) is 0 Å².